The fourth-order valence-corrected chi connectivity index (χ4v) is 3.04. The Morgan fingerprint density at radius 3 is 2.45 bits per heavy atom. The molecule has 1 unspecified atom stereocenters. The van der Waals surface area contributed by atoms with E-state index in [1.807, 2.05) is 13.8 Å². The Morgan fingerprint density at radius 1 is 1.40 bits per heavy atom. The summed E-state index contributed by atoms with van der Waals surface area (Å²) in [4.78, 5) is 11.9. The summed E-state index contributed by atoms with van der Waals surface area (Å²) < 4.78 is 22.6. The molecule has 0 radical (unpaired) electrons. The van der Waals surface area contributed by atoms with E-state index in [0.717, 1.165) is 12.8 Å². The molecular weight excluding hydrogens is 321 g/mol. The third kappa shape index (κ3) is 4.36. The van der Waals surface area contributed by atoms with Crippen molar-refractivity contribution >= 4 is 42.9 Å². The van der Waals surface area contributed by atoms with Crippen LogP contribution in [0.25, 0.3) is 0 Å². The quantitative estimate of drug-likeness (QED) is 0.827. The maximum atomic E-state index is 12.0. The number of rotatable bonds is 5. The van der Waals surface area contributed by atoms with Gasteiger partial charge in [-0.1, -0.05) is 31.9 Å². The SMILES string of the molecule is CCCC(C)C(=O)Nc1c(C)cc(S(=O)(=O)Cl)cc1Cl. The molecule has 1 aromatic carbocycles. The van der Waals surface area contributed by atoms with Crippen LogP contribution in [0.4, 0.5) is 5.69 Å². The Labute approximate surface area is 128 Å². The van der Waals surface area contributed by atoms with Gasteiger partial charge in [0.15, 0.2) is 0 Å². The fraction of sp³-hybridized carbons (Fsp3) is 0.462. The molecule has 112 valence electrons. The van der Waals surface area contributed by atoms with Gasteiger partial charge in [0.05, 0.1) is 15.6 Å². The van der Waals surface area contributed by atoms with E-state index in [1.54, 1.807) is 6.92 Å². The molecule has 1 rings (SSSR count). The average Bonchev–Trinajstić information content (AvgIpc) is 2.32. The number of hydrogen-bond donors (Lipinski definition) is 1. The second-order valence-corrected chi connectivity index (χ2v) is 7.69. The molecule has 0 aliphatic rings. The first-order valence-corrected chi connectivity index (χ1v) is 8.91. The third-order valence-electron chi connectivity index (χ3n) is 2.96. The van der Waals surface area contributed by atoms with E-state index < -0.39 is 9.05 Å². The molecule has 1 aromatic rings. The molecule has 0 bridgehead atoms. The van der Waals surface area contributed by atoms with Crippen LogP contribution >= 0.6 is 22.3 Å². The number of benzene rings is 1. The van der Waals surface area contributed by atoms with Gasteiger partial charge < -0.3 is 5.32 Å². The Hall–Kier alpha value is -0.780. The van der Waals surface area contributed by atoms with Crippen LogP contribution in [-0.2, 0) is 13.8 Å². The number of hydrogen-bond acceptors (Lipinski definition) is 3. The van der Waals surface area contributed by atoms with Crippen LogP contribution in [0.3, 0.4) is 0 Å². The number of carbonyl (C=O) groups excluding carboxylic acids is 1. The molecule has 4 nitrogen and oxygen atoms in total. The van der Waals surface area contributed by atoms with Crippen molar-refractivity contribution in [2.45, 2.75) is 38.5 Å². The molecule has 0 aromatic heterocycles. The third-order valence-corrected chi connectivity index (χ3v) is 4.59. The van der Waals surface area contributed by atoms with Crippen molar-refractivity contribution in [3.05, 3.63) is 22.7 Å². The summed E-state index contributed by atoms with van der Waals surface area (Å²) in [5.74, 6) is -0.273. The van der Waals surface area contributed by atoms with Crippen molar-refractivity contribution in [3.8, 4) is 0 Å². The molecule has 0 spiro atoms. The van der Waals surface area contributed by atoms with Crippen LogP contribution < -0.4 is 5.32 Å². The zero-order valence-electron chi connectivity index (χ0n) is 11.5. The highest BCUT2D eigenvalue weighted by Crippen LogP contribution is 2.31. The largest absolute Gasteiger partial charge is 0.324 e. The summed E-state index contributed by atoms with van der Waals surface area (Å²) in [6.07, 6.45) is 1.68. The zero-order valence-corrected chi connectivity index (χ0v) is 13.9. The van der Waals surface area contributed by atoms with E-state index in [9.17, 15) is 13.2 Å². The molecule has 0 saturated heterocycles. The highest BCUT2D eigenvalue weighted by atomic mass is 35.7. The second kappa shape index (κ2) is 6.78. The summed E-state index contributed by atoms with van der Waals surface area (Å²) in [5.41, 5.74) is 0.970. The molecule has 1 amide bonds. The van der Waals surface area contributed by atoms with Crippen LogP contribution in [0, 0.1) is 12.8 Å². The van der Waals surface area contributed by atoms with E-state index >= 15 is 0 Å². The van der Waals surface area contributed by atoms with Gasteiger partial charge in [-0.25, -0.2) is 8.42 Å². The van der Waals surface area contributed by atoms with Crippen LogP contribution in [0.15, 0.2) is 17.0 Å². The molecular formula is C13H17Cl2NO3S. The molecule has 0 saturated carbocycles. The first-order chi connectivity index (χ1) is 9.16. The van der Waals surface area contributed by atoms with Crippen molar-refractivity contribution in [1.82, 2.24) is 0 Å². The van der Waals surface area contributed by atoms with Crippen molar-refractivity contribution < 1.29 is 13.2 Å². The second-order valence-electron chi connectivity index (χ2n) is 4.71. The van der Waals surface area contributed by atoms with Crippen molar-refractivity contribution in [2.24, 2.45) is 5.92 Å². The van der Waals surface area contributed by atoms with Gasteiger partial charge in [0, 0.05) is 16.6 Å². The van der Waals surface area contributed by atoms with Gasteiger partial charge in [-0.15, -0.1) is 0 Å². The number of amides is 1. The van der Waals surface area contributed by atoms with Gasteiger partial charge in [0.2, 0.25) is 5.91 Å². The van der Waals surface area contributed by atoms with E-state index in [2.05, 4.69) is 5.32 Å². The lowest BCUT2D eigenvalue weighted by atomic mass is 10.1. The molecule has 20 heavy (non-hydrogen) atoms. The topological polar surface area (TPSA) is 63.2 Å². The maximum Gasteiger partial charge on any atom is 0.261 e. The van der Waals surface area contributed by atoms with Crippen LogP contribution in [0.5, 0.6) is 0 Å². The maximum absolute atomic E-state index is 12.0. The Balaban J connectivity index is 3.07. The lowest BCUT2D eigenvalue weighted by Crippen LogP contribution is -2.21. The summed E-state index contributed by atoms with van der Waals surface area (Å²) >= 11 is 6.03. The summed E-state index contributed by atoms with van der Waals surface area (Å²) in [5, 5.41) is 2.89. The standard InChI is InChI=1S/C13H17Cl2NO3S/c1-4-5-8(2)13(17)16-12-9(3)6-10(7-11(12)14)20(15,18)19/h6-8H,4-5H2,1-3H3,(H,16,17). The van der Waals surface area contributed by atoms with Gasteiger partial charge in [0.1, 0.15) is 0 Å². The van der Waals surface area contributed by atoms with E-state index in [0.29, 0.717) is 11.3 Å². The monoisotopic (exact) mass is 337 g/mol. The normalized spacial score (nSPS) is 13.1. The summed E-state index contributed by atoms with van der Waals surface area (Å²) in [6, 6.07) is 2.62. The predicted molar refractivity (Wildman–Crippen MR) is 81.9 cm³/mol. The van der Waals surface area contributed by atoms with Gasteiger partial charge >= 0.3 is 0 Å². The summed E-state index contributed by atoms with van der Waals surface area (Å²) in [7, 11) is 1.44. The molecule has 0 aliphatic heterocycles. The molecule has 0 aliphatic carbocycles. The first kappa shape index (κ1) is 17.3. The van der Waals surface area contributed by atoms with Crippen LogP contribution in [0.2, 0.25) is 5.02 Å². The van der Waals surface area contributed by atoms with Crippen molar-refractivity contribution in [3.63, 3.8) is 0 Å². The number of nitrogens with one attached hydrogen (secondary N) is 1. The van der Waals surface area contributed by atoms with Gasteiger partial charge in [-0.3, -0.25) is 4.79 Å². The molecule has 0 fully saturated rings. The smallest absolute Gasteiger partial charge is 0.261 e. The van der Waals surface area contributed by atoms with Crippen LogP contribution in [0.1, 0.15) is 32.3 Å². The van der Waals surface area contributed by atoms with Crippen molar-refractivity contribution in [2.75, 3.05) is 5.32 Å². The number of anilines is 1. The zero-order chi connectivity index (χ0) is 15.5. The minimum Gasteiger partial charge on any atom is -0.324 e. The highest BCUT2D eigenvalue weighted by molar-refractivity contribution is 8.13. The molecule has 1 N–H and O–H groups in total. The fourth-order valence-electron chi connectivity index (χ4n) is 1.82. The lowest BCUT2D eigenvalue weighted by Gasteiger charge is -2.15. The van der Waals surface area contributed by atoms with Gasteiger partial charge in [-0.2, -0.15) is 0 Å². The van der Waals surface area contributed by atoms with E-state index in [-0.39, 0.29) is 21.7 Å². The number of aryl methyl sites for hydroxylation is 1. The molecule has 0 heterocycles. The average molecular weight is 338 g/mol. The Morgan fingerprint density at radius 2 is 2.00 bits per heavy atom. The predicted octanol–water partition coefficient (Wildman–Crippen LogP) is 3.95. The molecule has 7 heteroatoms. The highest BCUT2D eigenvalue weighted by Gasteiger charge is 2.18. The van der Waals surface area contributed by atoms with E-state index in [4.69, 9.17) is 22.3 Å². The molecule has 1 atom stereocenters. The summed E-state index contributed by atoms with van der Waals surface area (Å²) in [6.45, 7) is 5.50. The van der Waals surface area contributed by atoms with Crippen LogP contribution in [-0.4, -0.2) is 14.3 Å². The lowest BCUT2D eigenvalue weighted by molar-refractivity contribution is -0.119. The van der Waals surface area contributed by atoms with E-state index in [1.165, 1.54) is 12.1 Å². The Kier molecular flexibility index (Phi) is 5.86. The van der Waals surface area contributed by atoms with Gasteiger partial charge in [0.25, 0.3) is 9.05 Å². The number of halogens is 2. The number of carbonyl (C=O) groups is 1. The Bertz CT molecular complexity index is 591. The minimum atomic E-state index is -3.84. The van der Waals surface area contributed by atoms with Gasteiger partial charge in [-0.05, 0) is 31.0 Å². The van der Waals surface area contributed by atoms with Crippen molar-refractivity contribution in [1.29, 1.82) is 0 Å². The minimum absolute atomic E-state index is 0.0822. The first-order valence-electron chi connectivity index (χ1n) is 6.22.